The van der Waals surface area contributed by atoms with Crippen molar-refractivity contribution in [1.29, 1.82) is 0 Å². The number of rotatable bonds is 7. The van der Waals surface area contributed by atoms with Crippen LogP contribution >= 0.6 is 12.2 Å². The summed E-state index contributed by atoms with van der Waals surface area (Å²) in [6.45, 7) is 0.689. The van der Waals surface area contributed by atoms with Crippen LogP contribution < -0.4 is 24.8 Å². The quantitative estimate of drug-likeness (QED) is 0.433. The summed E-state index contributed by atoms with van der Waals surface area (Å²) in [5, 5.41) is 5.44. The van der Waals surface area contributed by atoms with Gasteiger partial charge in [-0.25, -0.2) is 0 Å². The van der Waals surface area contributed by atoms with E-state index in [1.54, 1.807) is 4.90 Å². The third-order valence-corrected chi connectivity index (χ3v) is 6.29. The molecule has 1 unspecified atom stereocenters. The molecule has 2 amide bonds. The number of nitrogens with one attached hydrogen (secondary N) is 2. The number of esters is 1. The fourth-order valence-electron chi connectivity index (χ4n) is 4.19. The summed E-state index contributed by atoms with van der Waals surface area (Å²) in [7, 11) is 4.37. The summed E-state index contributed by atoms with van der Waals surface area (Å²) in [5.41, 5.74) is 0.228. The van der Waals surface area contributed by atoms with E-state index in [9.17, 15) is 14.4 Å². The Hall–Kier alpha value is -3.08. The monoisotopic (exact) mass is 493 g/mol. The maximum atomic E-state index is 12.9. The maximum Gasteiger partial charge on any atom is 0.308 e. The molecule has 1 saturated carbocycles. The number of carbonyl (C=O) groups is 3. The second-order valence-electron chi connectivity index (χ2n) is 8.13. The molecule has 3 rings (SSSR count). The molecule has 1 aliphatic heterocycles. The van der Waals surface area contributed by atoms with Crippen LogP contribution in [0.25, 0.3) is 0 Å². The van der Waals surface area contributed by atoms with Gasteiger partial charge in [-0.1, -0.05) is 6.42 Å². The van der Waals surface area contributed by atoms with Gasteiger partial charge in [-0.05, 0) is 50.0 Å². The Morgan fingerprint density at radius 3 is 2.32 bits per heavy atom. The van der Waals surface area contributed by atoms with Crippen LogP contribution in [0.4, 0.5) is 0 Å². The van der Waals surface area contributed by atoms with E-state index in [2.05, 4.69) is 10.6 Å². The Balaban J connectivity index is 1.69. The molecule has 1 heterocycles. The van der Waals surface area contributed by atoms with Gasteiger partial charge in [-0.3, -0.25) is 19.7 Å². The minimum Gasteiger partial charge on any atom is -0.493 e. The zero-order valence-corrected chi connectivity index (χ0v) is 20.5. The lowest BCUT2D eigenvalue weighted by Gasteiger charge is -2.36. The molecule has 0 aromatic heterocycles. The fourth-order valence-corrected chi connectivity index (χ4v) is 4.50. The average molecular weight is 494 g/mol. The second-order valence-corrected chi connectivity index (χ2v) is 8.51. The number of nitrogens with zero attached hydrogens (tertiary/aromatic N) is 1. The van der Waals surface area contributed by atoms with Gasteiger partial charge in [0.2, 0.25) is 11.7 Å². The molecule has 0 radical (unpaired) electrons. The minimum atomic E-state index is -0.863. The van der Waals surface area contributed by atoms with Gasteiger partial charge in [0.25, 0.3) is 5.91 Å². The highest BCUT2D eigenvalue weighted by atomic mass is 32.1. The molecular weight excluding hydrogens is 462 g/mol. The topological polar surface area (TPSA) is 115 Å². The standard InChI is InChI=1S/C23H31N3O7S/c1-30-17-11-14(12-18(31-2)20(17)32-3)21(28)25-23(34)26-10-9-24-22(29)16(26)13-19(27)33-15-7-5-4-6-8-15/h11-12,15-16H,4-10,13H2,1-3H3,(H,24,29)(H,25,28,34). The molecule has 0 spiro atoms. The van der Waals surface area contributed by atoms with E-state index in [0.29, 0.717) is 30.3 Å². The van der Waals surface area contributed by atoms with E-state index in [1.807, 2.05) is 0 Å². The Labute approximate surface area is 204 Å². The Bertz CT molecular complexity index is 908. The number of hydrogen-bond acceptors (Lipinski definition) is 8. The van der Waals surface area contributed by atoms with Crippen LogP contribution in [0.3, 0.4) is 0 Å². The Morgan fingerprint density at radius 1 is 1.09 bits per heavy atom. The zero-order chi connectivity index (χ0) is 24.7. The van der Waals surface area contributed by atoms with Crippen LogP contribution in [0.2, 0.25) is 0 Å². The number of hydrogen-bond donors (Lipinski definition) is 2. The maximum absolute atomic E-state index is 12.9. The predicted octanol–water partition coefficient (Wildman–Crippen LogP) is 1.79. The first kappa shape index (κ1) is 25.5. The van der Waals surface area contributed by atoms with Gasteiger partial charge < -0.3 is 29.2 Å². The second kappa shape index (κ2) is 11.9. The molecule has 1 saturated heterocycles. The molecule has 1 aliphatic carbocycles. The largest absolute Gasteiger partial charge is 0.493 e. The fraction of sp³-hybridized carbons (Fsp3) is 0.565. The molecule has 186 valence electrons. The summed E-state index contributed by atoms with van der Waals surface area (Å²) in [5.74, 6) is -0.307. The highest BCUT2D eigenvalue weighted by Gasteiger charge is 2.35. The van der Waals surface area contributed by atoms with E-state index in [-0.39, 0.29) is 29.1 Å². The van der Waals surface area contributed by atoms with Gasteiger partial charge in [0.1, 0.15) is 12.1 Å². The molecule has 10 nitrogen and oxygen atoms in total. The summed E-state index contributed by atoms with van der Waals surface area (Å²) in [6.07, 6.45) is 4.64. The Kier molecular flexibility index (Phi) is 8.91. The average Bonchev–Trinajstić information content (AvgIpc) is 2.84. The summed E-state index contributed by atoms with van der Waals surface area (Å²) >= 11 is 5.44. The van der Waals surface area contributed by atoms with Crippen LogP contribution in [-0.4, -0.2) is 74.4 Å². The van der Waals surface area contributed by atoms with Crippen LogP contribution in [0.1, 0.15) is 48.9 Å². The van der Waals surface area contributed by atoms with Gasteiger partial charge in [-0.2, -0.15) is 0 Å². The van der Waals surface area contributed by atoms with Crippen molar-refractivity contribution in [1.82, 2.24) is 15.5 Å². The number of amides is 2. The number of benzene rings is 1. The van der Waals surface area contributed by atoms with Crippen molar-refractivity contribution >= 4 is 35.1 Å². The molecule has 2 N–H and O–H groups in total. The number of thiocarbonyl (C=S) groups is 1. The highest BCUT2D eigenvalue weighted by Crippen LogP contribution is 2.38. The van der Waals surface area contributed by atoms with Crippen molar-refractivity contribution in [3.05, 3.63) is 17.7 Å². The number of ether oxygens (including phenoxy) is 4. The lowest BCUT2D eigenvalue weighted by atomic mass is 9.98. The first-order chi connectivity index (χ1) is 16.4. The van der Waals surface area contributed by atoms with Crippen LogP contribution in [0.5, 0.6) is 17.2 Å². The smallest absolute Gasteiger partial charge is 0.308 e. The number of carbonyl (C=O) groups excluding carboxylic acids is 3. The normalized spacial score (nSPS) is 18.5. The molecule has 1 aromatic rings. The molecule has 2 aliphatic rings. The van der Waals surface area contributed by atoms with Gasteiger partial charge in [0, 0.05) is 18.7 Å². The third kappa shape index (κ3) is 6.07. The van der Waals surface area contributed by atoms with E-state index in [1.165, 1.54) is 33.5 Å². The zero-order valence-electron chi connectivity index (χ0n) is 19.7. The summed E-state index contributed by atoms with van der Waals surface area (Å²) < 4.78 is 21.5. The molecular formula is C23H31N3O7S. The third-order valence-electron chi connectivity index (χ3n) is 5.95. The summed E-state index contributed by atoms with van der Waals surface area (Å²) in [4.78, 5) is 39.6. The highest BCUT2D eigenvalue weighted by molar-refractivity contribution is 7.80. The van der Waals surface area contributed by atoms with Crippen molar-refractivity contribution < 1.29 is 33.3 Å². The van der Waals surface area contributed by atoms with Crippen LogP contribution in [-0.2, 0) is 14.3 Å². The molecule has 1 atom stereocenters. The van der Waals surface area contributed by atoms with E-state index in [0.717, 1.165) is 32.1 Å². The summed E-state index contributed by atoms with van der Waals surface area (Å²) in [6, 6.07) is 2.14. The van der Waals surface area contributed by atoms with Crippen molar-refractivity contribution in [2.75, 3.05) is 34.4 Å². The molecule has 34 heavy (non-hydrogen) atoms. The van der Waals surface area contributed by atoms with Crippen molar-refractivity contribution in [2.45, 2.75) is 50.7 Å². The minimum absolute atomic E-state index is 0.0454. The first-order valence-corrected chi connectivity index (χ1v) is 11.7. The van der Waals surface area contributed by atoms with E-state index >= 15 is 0 Å². The van der Waals surface area contributed by atoms with E-state index < -0.39 is 17.9 Å². The molecule has 0 bridgehead atoms. The van der Waals surface area contributed by atoms with Crippen molar-refractivity contribution in [2.24, 2.45) is 0 Å². The lowest BCUT2D eigenvalue weighted by molar-refractivity contribution is -0.153. The molecule has 1 aromatic carbocycles. The van der Waals surface area contributed by atoms with Gasteiger partial charge in [-0.15, -0.1) is 0 Å². The molecule has 2 fully saturated rings. The van der Waals surface area contributed by atoms with Crippen LogP contribution in [0, 0.1) is 0 Å². The van der Waals surface area contributed by atoms with Gasteiger partial charge in [0.15, 0.2) is 16.6 Å². The van der Waals surface area contributed by atoms with Crippen molar-refractivity contribution in [3.8, 4) is 17.2 Å². The number of methoxy groups -OCH3 is 3. The first-order valence-electron chi connectivity index (χ1n) is 11.3. The lowest BCUT2D eigenvalue weighted by Crippen LogP contribution is -2.60. The predicted molar refractivity (Wildman–Crippen MR) is 127 cm³/mol. The molecule has 11 heteroatoms. The van der Waals surface area contributed by atoms with Gasteiger partial charge >= 0.3 is 5.97 Å². The Morgan fingerprint density at radius 2 is 1.74 bits per heavy atom. The van der Waals surface area contributed by atoms with Gasteiger partial charge in [0.05, 0.1) is 27.8 Å². The van der Waals surface area contributed by atoms with Crippen molar-refractivity contribution in [3.63, 3.8) is 0 Å². The van der Waals surface area contributed by atoms with Crippen LogP contribution in [0.15, 0.2) is 12.1 Å². The SMILES string of the molecule is COc1cc(C(=O)NC(=S)N2CCNC(=O)C2CC(=O)OC2CCCCC2)cc(OC)c1OC. The number of piperazine rings is 1. The van der Waals surface area contributed by atoms with E-state index in [4.69, 9.17) is 31.2 Å².